The van der Waals surface area contributed by atoms with Crippen molar-refractivity contribution in [3.8, 4) is 6.07 Å². The van der Waals surface area contributed by atoms with E-state index < -0.39 is 0 Å². The number of rotatable bonds is 2. The van der Waals surface area contributed by atoms with Crippen LogP contribution in [0.2, 0.25) is 0 Å². The number of nitrogens with one attached hydrogen (secondary N) is 1. The molecule has 0 atom stereocenters. The predicted octanol–water partition coefficient (Wildman–Crippen LogP) is 1.52. The molecule has 0 spiro atoms. The fourth-order valence-electron chi connectivity index (χ4n) is 1.60. The van der Waals surface area contributed by atoms with Crippen LogP contribution in [0.25, 0.3) is 11.0 Å². The van der Waals surface area contributed by atoms with E-state index in [4.69, 9.17) is 5.26 Å². The summed E-state index contributed by atoms with van der Waals surface area (Å²) in [6.45, 7) is 6.39. The maximum absolute atomic E-state index is 8.56. The van der Waals surface area contributed by atoms with E-state index >= 15 is 0 Å². The van der Waals surface area contributed by atoms with Crippen LogP contribution in [0.4, 0.5) is 5.82 Å². The standard InChI is InChI=1S/C11H14N6/c1-11(2,3)17-10-8(6-16-17)9(13-5-4-12)14-7-15-10/h6-7H,5H2,1-3H3,(H,13,14,15). The van der Waals surface area contributed by atoms with Gasteiger partial charge in [0.1, 0.15) is 18.7 Å². The third kappa shape index (κ3) is 2.04. The first-order valence-corrected chi connectivity index (χ1v) is 5.34. The van der Waals surface area contributed by atoms with E-state index in [0.717, 1.165) is 11.0 Å². The molecule has 0 amide bonds. The molecule has 17 heavy (non-hydrogen) atoms. The largest absolute Gasteiger partial charge is 0.356 e. The van der Waals surface area contributed by atoms with Gasteiger partial charge in [0.15, 0.2) is 5.65 Å². The Bertz CT molecular complexity index is 572. The molecule has 6 nitrogen and oxygen atoms in total. The van der Waals surface area contributed by atoms with Crippen molar-refractivity contribution in [1.29, 1.82) is 5.26 Å². The summed E-state index contributed by atoms with van der Waals surface area (Å²) in [5, 5.41) is 16.7. The summed E-state index contributed by atoms with van der Waals surface area (Å²) in [6, 6.07) is 2.02. The summed E-state index contributed by atoms with van der Waals surface area (Å²) in [5.74, 6) is 0.645. The fourth-order valence-corrected chi connectivity index (χ4v) is 1.60. The van der Waals surface area contributed by atoms with Crippen molar-refractivity contribution in [2.24, 2.45) is 0 Å². The predicted molar refractivity (Wildman–Crippen MR) is 64.4 cm³/mol. The highest BCUT2D eigenvalue weighted by Gasteiger charge is 2.19. The molecular weight excluding hydrogens is 216 g/mol. The smallest absolute Gasteiger partial charge is 0.163 e. The van der Waals surface area contributed by atoms with Crippen LogP contribution >= 0.6 is 0 Å². The third-order valence-electron chi connectivity index (χ3n) is 2.34. The van der Waals surface area contributed by atoms with E-state index in [1.165, 1.54) is 6.33 Å². The van der Waals surface area contributed by atoms with Crippen molar-refractivity contribution in [2.45, 2.75) is 26.3 Å². The lowest BCUT2D eigenvalue weighted by molar-refractivity contribution is 0.366. The van der Waals surface area contributed by atoms with Crippen molar-refractivity contribution in [3.05, 3.63) is 12.5 Å². The average molecular weight is 230 g/mol. The van der Waals surface area contributed by atoms with E-state index in [1.54, 1.807) is 6.20 Å². The molecule has 0 fully saturated rings. The molecule has 0 aromatic carbocycles. The fraction of sp³-hybridized carbons (Fsp3) is 0.455. The molecule has 1 N–H and O–H groups in total. The first-order valence-electron chi connectivity index (χ1n) is 5.34. The molecule has 0 aliphatic carbocycles. The van der Waals surface area contributed by atoms with Gasteiger partial charge in [-0.05, 0) is 20.8 Å². The Morgan fingerprint density at radius 2 is 2.18 bits per heavy atom. The van der Waals surface area contributed by atoms with E-state index in [1.807, 2.05) is 10.8 Å². The molecule has 2 aromatic rings. The molecule has 0 radical (unpaired) electrons. The Morgan fingerprint density at radius 1 is 1.41 bits per heavy atom. The Hall–Kier alpha value is -2.16. The second-order valence-electron chi connectivity index (χ2n) is 4.70. The Morgan fingerprint density at radius 3 is 2.82 bits per heavy atom. The number of nitrogens with zero attached hydrogens (tertiary/aromatic N) is 5. The van der Waals surface area contributed by atoms with Gasteiger partial charge < -0.3 is 5.32 Å². The van der Waals surface area contributed by atoms with Gasteiger partial charge in [-0.1, -0.05) is 0 Å². The van der Waals surface area contributed by atoms with Crippen molar-refractivity contribution in [1.82, 2.24) is 19.7 Å². The summed E-state index contributed by atoms with van der Waals surface area (Å²) in [7, 11) is 0. The molecule has 0 aliphatic heterocycles. The molecule has 2 aromatic heterocycles. The van der Waals surface area contributed by atoms with Crippen molar-refractivity contribution < 1.29 is 0 Å². The summed E-state index contributed by atoms with van der Waals surface area (Å²) in [6.07, 6.45) is 3.20. The highest BCUT2D eigenvalue weighted by Crippen LogP contribution is 2.23. The minimum atomic E-state index is -0.136. The van der Waals surface area contributed by atoms with Crippen LogP contribution in [0.3, 0.4) is 0 Å². The zero-order valence-electron chi connectivity index (χ0n) is 10.1. The zero-order chi connectivity index (χ0) is 12.5. The van der Waals surface area contributed by atoms with E-state index in [9.17, 15) is 0 Å². The van der Waals surface area contributed by atoms with Gasteiger partial charge in [0.2, 0.25) is 0 Å². The lowest BCUT2D eigenvalue weighted by Gasteiger charge is -2.19. The minimum Gasteiger partial charge on any atom is -0.356 e. The van der Waals surface area contributed by atoms with Crippen molar-refractivity contribution in [3.63, 3.8) is 0 Å². The van der Waals surface area contributed by atoms with Crippen LogP contribution in [0.5, 0.6) is 0 Å². The van der Waals surface area contributed by atoms with Gasteiger partial charge in [0.05, 0.1) is 23.2 Å². The number of aromatic nitrogens is 4. The molecule has 0 saturated carbocycles. The highest BCUT2D eigenvalue weighted by molar-refractivity contribution is 5.86. The maximum Gasteiger partial charge on any atom is 0.163 e. The molecule has 6 heteroatoms. The van der Waals surface area contributed by atoms with Gasteiger partial charge in [-0.2, -0.15) is 10.4 Å². The normalized spacial score (nSPS) is 11.4. The van der Waals surface area contributed by atoms with Gasteiger partial charge in [-0.25, -0.2) is 14.6 Å². The Labute approximate surface area is 99.3 Å². The molecule has 0 saturated heterocycles. The van der Waals surface area contributed by atoms with Crippen LogP contribution in [-0.2, 0) is 5.54 Å². The second-order valence-corrected chi connectivity index (χ2v) is 4.70. The van der Waals surface area contributed by atoms with Gasteiger partial charge >= 0.3 is 0 Å². The maximum atomic E-state index is 8.56. The Kier molecular flexibility index (Phi) is 2.68. The van der Waals surface area contributed by atoms with Gasteiger partial charge in [0, 0.05) is 0 Å². The quantitative estimate of drug-likeness (QED) is 0.791. The lowest BCUT2D eigenvalue weighted by Crippen LogP contribution is -2.23. The van der Waals surface area contributed by atoms with Gasteiger partial charge in [-0.15, -0.1) is 0 Å². The number of fused-ring (bicyclic) bond motifs is 1. The second kappa shape index (κ2) is 4.01. The monoisotopic (exact) mass is 230 g/mol. The SMILES string of the molecule is CC(C)(C)n1ncc2c(NCC#N)ncnc21. The van der Waals surface area contributed by atoms with Crippen molar-refractivity contribution in [2.75, 3.05) is 11.9 Å². The number of nitriles is 1. The van der Waals surface area contributed by atoms with E-state index in [0.29, 0.717) is 5.82 Å². The first kappa shape index (κ1) is 11.3. The number of hydrogen-bond acceptors (Lipinski definition) is 5. The number of anilines is 1. The molecule has 2 rings (SSSR count). The summed E-state index contributed by atoms with van der Waals surface area (Å²) in [5.41, 5.74) is 0.635. The number of hydrogen-bond donors (Lipinski definition) is 1. The molecule has 88 valence electrons. The molecule has 0 aliphatic rings. The van der Waals surface area contributed by atoms with Crippen LogP contribution < -0.4 is 5.32 Å². The van der Waals surface area contributed by atoms with Crippen LogP contribution in [0.1, 0.15) is 20.8 Å². The van der Waals surface area contributed by atoms with Gasteiger partial charge in [0.25, 0.3) is 0 Å². The zero-order valence-corrected chi connectivity index (χ0v) is 10.1. The minimum absolute atomic E-state index is 0.136. The van der Waals surface area contributed by atoms with Crippen molar-refractivity contribution >= 4 is 16.9 Å². The Balaban J connectivity index is 2.54. The summed E-state index contributed by atoms with van der Waals surface area (Å²) < 4.78 is 1.85. The van der Waals surface area contributed by atoms with Crippen LogP contribution in [-0.4, -0.2) is 26.3 Å². The molecule has 0 unspecified atom stereocenters. The van der Waals surface area contributed by atoms with E-state index in [-0.39, 0.29) is 12.1 Å². The van der Waals surface area contributed by atoms with Crippen LogP contribution in [0, 0.1) is 11.3 Å². The first-order chi connectivity index (χ1) is 8.04. The average Bonchev–Trinajstić information content (AvgIpc) is 2.69. The topological polar surface area (TPSA) is 79.4 Å². The molecular formula is C11H14N6. The van der Waals surface area contributed by atoms with Gasteiger partial charge in [-0.3, -0.25) is 0 Å². The van der Waals surface area contributed by atoms with Crippen LogP contribution in [0.15, 0.2) is 12.5 Å². The summed E-state index contributed by atoms with van der Waals surface area (Å²) >= 11 is 0. The third-order valence-corrected chi connectivity index (χ3v) is 2.34. The summed E-state index contributed by atoms with van der Waals surface area (Å²) in [4.78, 5) is 8.36. The highest BCUT2D eigenvalue weighted by atomic mass is 15.3. The molecule has 0 bridgehead atoms. The lowest BCUT2D eigenvalue weighted by atomic mass is 10.1. The van der Waals surface area contributed by atoms with E-state index in [2.05, 4.69) is 41.2 Å². The molecule has 2 heterocycles.